The highest BCUT2D eigenvalue weighted by atomic mass is 15.2. The Morgan fingerprint density at radius 1 is 1.32 bits per heavy atom. The maximum Gasteiger partial charge on any atom is 0.224 e. The monoisotopic (exact) mass is 261 g/mol. The average molecular weight is 261 g/mol. The Labute approximate surface area is 112 Å². The van der Waals surface area contributed by atoms with E-state index in [1.807, 2.05) is 31.7 Å². The lowest BCUT2D eigenvalue weighted by Gasteiger charge is -2.10. The summed E-state index contributed by atoms with van der Waals surface area (Å²) in [7, 11) is 1.94. The fourth-order valence-electron chi connectivity index (χ4n) is 1.69. The van der Waals surface area contributed by atoms with Crippen LogP contribution in [-0.4, -0.2) is 37.8 Å². The standard InChI is InChI=1S/C12H19N7/c1-4-13-12-15-7-9(2)11(17-12)14-6-5-10-18-16-8-19(10)3/h7-8H,4-6H2,1-3H3,(H2,13,14,15,17). The molecule has 0 atom stereocenters. The van der Waals surface area contributed by atoms with Gasteiger partial charge in [-0.1, -0.05) is 0 Å². The largest absolute Gasteiger partial charge is 0.369 e. The highest BCUT2D eigenvalue weighted by Crippen LogP contribution is 2.12. The molecule has 0 bridgehead atoms. The van der Waals surface area contributed by atoms with Crippen LogP contribution in [0.15, 0.2) is 12.5 Å². The van der Waals surface area contributed by atoms with E-state index in [4.69, 9.17) is 0 Å². The Morgan fingerprint density at radius 2 is 2.16 bits per heavy atom. The van der Waals surface area contributed by atoms with Crippen LogP contribution in [0, 0.1) is 6.92 Å². The first-order valence-corrected chi connectivity index (χ1v) is 6.35. The summed E-state index contributed by atoms with van der Waals surface area (Å²) in [4.78, 5) is 8.64. The predicted molar refractivity (Wildman–Crippen MR) is 74.1 cm³/mol. The summed E-state index contributed by atoms with van der Waals surface area (Å²) < 4.78 is 1.92. The highest BCUT2D eigenvalue weighted by molar-refractivity contribution is 5.46. The van der Waals surface area contributed by atoms with E-state index in [0.29, 0.717) is 5.95 Å². The van der Waals surface area contributed by atoms with E-state index >= 15 is 0 Å². The minimum atomic E-state index is 0.647. The quantitative estimate of drug-likeness (QED) is 0.807. The molecule has 0 radical (unpaired) electrons. The molecule has 102 valence electrons. The van der Waals surface area contributed by atoms with E-state index in [2.05, 4.69) is 30.8 Å². The molecule has 7 heteroatoms. The molecule has 0 aliphatic rings. The summed E-state index contributed by atoms with van der Waals surface area (Å²) in [5.41, 5.74) is 1.03. The van der Waals surface area contributed by atoms with Gasteiger partial charge in [-0.15, -0.1) is 10.2 Å². The average Bonchev–Trinajstić information content (AvgIpc) is 2.79. The van der Waals surface area contributed by atoms with Crippen molar-refractivity contribution in [1.82, 2.24) is 24.7 Å². The lowest BCUT2D eigenvalue weighted by molar-refractivity contribution is 0.787. The Bertz CT molecular complexity index is 535. The van der Waals surface area contributed by atoms with Crippen molar-refractivity contribution >= 4 is 11.8 Å². The number of hydrogen-bond acceptors (Lipinski definition) is 6. The van der Waals surface area contributed by atoms with Gasteiger partial charge in [-0.05, 0) is 13.8 Å². The molecule has 0 spiro atoms. The van der Waals surface area contributed by atoms with Crippen LogP contribution >= 0.6 is 0 Å². The molecule has 0 amide bonds. The fourth-order valence-corrected chi connectivity index (χ4v) is 1.69. The summed E-state index contributed by atoms with van der Waals surface area (Å²) in [6, 6.07) is 0. The Hall–Kier alpha value is -2.18. The van der Waals surface area contributed by atoms with Crippen LogP contribution in [0.2, 0.25) is 0 Å². The van der Waals surface area contributed by atoms with Crippen molar-refractivity contribution < 1.29 is 0 Å². The molecule has 0 saturated carbocycles. The predicted octanol–water partition coefficient (Wildman–Crippen LogP) is 1.000. The number of anilines is 2. The van der Waals surface area contributed by atoms with Crippen LogP contribution in [0.25, 0.3) is 0 Å². The summed E-state index contributed by atoms with van der Waals surface area (Å²) in [5.74, 6) is 2.45. The third-order valence-electron chi connectivity index (χ3n) is 2.75. The van der Waals surface area contributed by atoms with Gasteiger partial charge in [0.05, 0.1) is 0 Å². The van der Waals surface area contributed by atoms with E-state index in [9.17, 15) is 0 Å². The van der Waals surface area contributed by atoms with Crippen molar-refractivity contribution in [3.8, 4) is 0 Å². The molecular formula is C12H19N7. The van der Waals surface area contributed by atoms with Crippen molar-refractivity contribution in [3.63, 3.8) is 0 Å². The molecule has 0 fully saturated rings. The van der Waals surface area contributed by atoms with Gasteiger partial charge in [0.1, 0.15) is 18.0 Å². The van der Waals surface area contributed by atoms with Crippen molar-refractivity contribution in [2.24, 2.45) is 7.05 Å². The summed E-state index contributed by atoms with van der Waals surface area (Å²) in [5, 5.41) is 14.3. The topological polar surface area (TPSA) is 80.5 Å². The maximum absolute atomic E-state index is 4.43. The van der Waals surface area contributed by atoms with Gasteiger partial charge >= 0.3 is 0 Å². The number of rotatable bonds is 6. The lowest BCUT2D eigenvalue weighted by atomic mass is 10.3. The highest BCUT2D eigenvalue weighted by Gasteiger charge is 2.04. The molecule has 2 heterocycles. The molecule has 0 aliphatic carbocycles. The second-order valence-corrected chi connectivity index (χ2v) is 4.29. The van der Waals surface area contributed by atoms with Crippen LogP contribution in [0.4, 0.5) is 11.8 Å². The van der Waals surface area contributed by atoms with Gasteiger partial charge in [0, 0.05) is 38.3 Å². The van der Waals surface area contributed by atoms with E-state index < -0.39 is 0 Å². The summed E-state index contributed by atoms with van der Waals surface area (Å²) >= 11 is 0. The molecule has 19 heavy (non-hydrogen) atoms. The molecule has 0 saturated heterocycles. The number of nitrogens with zero attached hydrogens (tertiary/aromatic N) is 5. The first-order valence-electron chi connectivity index (χ1n) is 6.35. The van der Waals surface area contributed by atoms with Crippen molar-refractivity contribution in [3.05, 3.63) is 23.9 Å². The first kappa shape index (κ1) is 13.3. The molecule has 2 N–H and O–H groups in total. The van der Waals surface area contributed by atoms with Gasteiger partial charge in [0.2, 0.25) is 5.95 Å². The first-order chi connectivity index (χ1) is 9.20. The molecule has 7 nitrogen and oxygen atoms in total. The Balaban J connectivity index is 1.95. The number of aromatic nitrogens is 5. The zero-order valence-electron chi connectivity index (χ0n) is 11.5. The van der Waals surface area contributed by atoms with Crippen LogP contribution in [-0.2, 0) is 13.5 Å². The number of aryl methyl sites for hydroxylation is 2. The number of hydrogen-bond donors (Lipinski definition) is 2. The maximum atomic E-state index is 4.43. The third-order valence-corrected chi connectivity index (χ3v) is 2.75. The van der Waals surface area contributed by atoms with E-state index in [1.165, 1.54) is 0 Å². The Morgan fingerprint density at radius 3 is 2.84 bits per heavy atom. The van der Waals surface area contributed by atoms with Gasteiger partial charge < -0.3 is 15.2 Å². The van der Waals surface area contributed by atoms with Crippen LogP contribution < -0.4 is 10.6 Å². The van der Waals surface area contributed by atoms with E-state index in [1.54, 1.807) is 6.33 Å². The summed E-state index contributed by atoms with van der Waals surface area (Å²) in [6.07, 6.45) is 4.32. The van der Waals surface area contributed by atoms with E-state index in [-0.39, 0.29) is 0 Å². The van der Waals surface area contributed by atoms with Gasteiger partial charge in [-0.2, -0.15) is 4.98 Å². The minimum absolute atomic E-state index is 0.647. The second kappa shape index (κ2) is 6.12. The van der Waals surface area contributed by atoms with Gasteiger partial charge in [-0.25, -0.2) is 4.98 Å². The molecule has 2 aromatic heterocycles. The van der Waals surface area contributed by atoms with E-state index in [0.717, 1.165) is 36.7 Å². The second-order valence-electron chi connectivity index (χ2n) is 4.29. The molecule has 0 aromatic carbocycles. The lowest BCUT2D eigenvalue weighted by Crippen LogP contribution is -2.12. The number of nitrogens with one attached hydrogen (secondary N) is 2. The zero-order valence-corrected chi connectivity index (χ0v) is 11.5. The molecule has 2 rings (SSSR count). The van der Waals surface area contributed by atoms with Crippen molar-refractivity contribution in [2.45, 2.75) is 20.3 Å². The smallest absolute Gasteiger partial charge is 0.224 e. The SMILES string of the molecule is CCNc1ncc(C)c(NCCc2nncn2C)n1. The van der Waals surface area contributed by atoms with Crippen LogP contribution in [0.1, 0.15) is 18.3 Å². The fraction of sp³-hybridized carbons (Fsp3) is 0.500. The van der Waals surface area contributed by atoms with Crippen LogP contribution in [0.5, 0.6) is 0 Å². The molecule has 2 aromatic rings. The van der Waals surface area contributed by atoms with Crippen molar-refractivity contribution in [2.75, 3.05) is 23.7 Å². The third kappa shape index (κ3) is 3.40. The van der Waals surface area contributed by atoms with Crippen molar-refractivity contribution in [1.29, 1.82) is 0 Å². The molecule has 0 aliphatic heterocycles. The van der Waals surface area contributed by atoms with Crippen LogP contribution in [0.3, 0.4) is 0 Å². The Kier molecular flexibility index (Phi) is 4.27. The van der Waals surface area contributed by atoms with Gasteiger partial charge in [0.15, 0.2) is 0 Å². The minimum Gasteiger partial charge on any atom is -0.369 e. The molecule has 0 unspecified atom stereocenters. The van der Waals surface area contributed by atoms with Gasteiger partial charge in [-0.3, -0.25) is 0 Å². The zero-order chi connectivity index (χ0) is 13.7. The summed E-state index contributed by atoms with van der Waals surface area (Å²) in [6.45, 7) is 5.57. The van der Waals surface area contributed by atoms with Gasteiger partial charge in [0.25, 0.3) is 0 Å². The molecular weight excluding hydrogens is 242 g/mol. The normalized spacial score (nSPS) is 10.5.